The van der Waals surface area contributed by atoms with Gasteiger partial charge in [0.1, 0.15) is 9.92 Å². The Hall–Kier alpha value is -0.580. The summed E-state index contributed by atoms with van der Waals surface area (Å²) < 4.78 is 19.4. The average Bonchev–Trinajstić information content (AvgIpc) is 1.82. The second-order valence-electron chi connectivity index (χ2n) is 1.65. The first-order valence-electron chi connectivity index (χ1n) is 2.17. The Balaban J connectivity index is 2.86. The van der Waals surface area contributed by atoms with Crippen molar-refractivity contribution >= 4 is 15.8 Å². The zero-order valence-corrected chi connectivity index (χ0v) is 4.96. The van der Waals surface area contributed by atoms with E-state index >= 15 is 0 Å². The van der Waals surface area contributed by atoms with E-state index in [2.05, 4.69) is 0 Å². The van der Waals surface area contributed by atoms with Gasteiger partial charge in [0.15, 0.2) is 0 Å². The van der Waals surface area contributed by atoms with E-state index in [9.17, 15) is 9.00 Å². The summed E-state index contributed by atoms with van der Waals surface area (Å²) in [6.07, 6.45) is 0.238. The van der Waals surface area contributed by atoms with Crippen molar-refractivity contribution in [2.45, 2.75) is 6.42 Å². The standard InChI is InChI=1S/C3H6N2O2S/c4-8(7)2-1-3(6)5-8/h1-2H2,(H2,4,5,6,7). The Bertz CT molecular complexity index is 205. The van der Waals surface area contributed by atoms with E-state index < -0.39 is 9.92 Å². The van der Waals surface area contributed by atoms with Crippen LogP contribution in [0.4, 0.5) is 0 Å². The van der Waals surface area contributed by atoms with Crippen LogP contribution in [0.25, 0.3) is 0 Å². The van der Waals surface area contributed by atoms with Gasteiger partial charge in [0, 0.05) is 6.42 Å². The molecule has 0 aromatic rings. The maximum atomic E-state index is 10.5. The molecule has 1 amide bonds. The van der Waals surface area contributed by atoms with Gasteiger partial charge in [-0.15, -0.1) is 0 Å². The number of hydrogen-bond acceptors (Lipinski definition) is 3. The van der Waals surface area contributed by atoms with Crippen LogP contribution in [-0.2, 0) is 14.7 Å². The number of carbonyl (C=O) groups is 1. The molecule has 46 valence electrons. The van der Waals surface area contributed by atoms with Crippen LogP contribution in [0.3, 0.4) is 0 Å². The first kappa shape index (κ1) is 5.55. The maximum absolute atomic E-state index is 10.5. The predicted octanol–water partition coefficient (Wildman–Crippen LogP) is -0.532. The fourth-order valence-electron chi connectivity index (χ4n) is 0.522. The highest BCUT2D eigenvalue weighted by Gasteiger charge is 2.19. The highest BCUT2D eigenvalue weighted by atomic mass is 32.2. The molecule has 1 aliphatic rings. The van der Waals surface area contributed by atoms with Crippen molar-refractivity contribution in [2.24, 2.45) is 0 Å². The smallest absolute Gasteiger partial charge is 0.233 e. The molecule has 1 rings (SSSR count). The van der Waals surface area contributed by atoms with E-state index in [1.807, 2.05) is 4.72 Å². The zero-order chi connectivity index (χ0) is 6.20. The molecule has 0 aliphatic carbocycles. The van der Waals surface area contributed by atoms with E-state index in [-0.39, 0.29) is 18.1 Å². The lowest BCUT2D eigenvalue weighted by Gasteiger charge is -1.90. The topological polar surface area (TPSA) is 70.0 Å². The fraction of sp³-hybridized carbons (Fsp3) is 0.667. The van der Waals surface area contributed by atoms with Gasteiger partial charge in [0.05, 0.1) is 5.75 Å². The third-order valence-corrected chi connectivity index (χ3v) is 2.23. The normalized spacial score (nSPS) is 37.2. The van der Waals surface area contributed by atoms with Crippen LogP contribution in [0.15, 0.2) is 0 Å². The molecule has 2 N–H and O–H groups in total. The predicted molar refractivity (Wildman–Crippen MR) is 28.5 cm³/mol. The van der Waals surface area contributed by atoms with E-state index in [1.54, 1.807) is 0 Å². The number of nitrogens with one attached hydrogen (secondary N) is 2. The molecular formula is C3H6N2O2S. The van der Waals surface area contributed by atoms with Crippen LogP contribution in [0, 0.1) is 4.78 Å². The van der Waals surface area contributed by atoms with Crippen molar-refractivity contribution in [3.05, 3.63) is 0 Å². The Morgan fingerprint density at radius 3 is 2.50 bits per heavy atom. The molecule has 1 heterocycles. The fourth-order valence-corrected chi connectivity index (χ4v) is 1.57. The van der Waals surface area contributed by atoms with Gasteiger partial charge in [-0.2, -0.15) is 0 Å². The minimum absolute atomic E-state index is 0.172. The van der Waals surface area contributed by atoms with Crippen LogP contribution in [0.1, 0.15) is 6.42 Å². The van der Waals surface area contributed by atoms with Gasteiger partial charge in [-0.25, -0.2) is 8.99 Å². The molecule has 4 nitrogen and oxygen atoms in total. The Kier molecular flexibility index (Phi) is 1.00. The van der Waals surface area contributed by atoms with Gasteiger partial charge in [-0.1, -0.05) is 0 Å². The van der Waals surface area contributed by atoms with Crippen molar-refractivity contribution in [3.8, 4) is 0 Å². The molecule has 1 unspecified atom stereocenters. The minimum Gasteiger partial charge on any atom is -0.274 e. The lowest BCUT2D eigenvalue weighted by molar-refractivity contribution is -0.118. The summed E-state index contributed by atoms with van der Waals surface area (Å²) in [4.78, 5) is 10.2. The van der Waals surface area contributed by atoms with Crippen molar-refractivity contribution in [3.63, 3.8) is 0 Å². The quantitative estimate of drug-likeness (QED) is 0.467. The minimum atomic E-state index is -2.70. The number of carbonyl (C=O) groups excluding carboxylic acids is 1. The van der Waals surface area contributed by atoms with E-state index in [4.69, 9.17) is 4.78 Å². The van der Waals surface area contributed by atoms with Gasteiger partial charge in [-0.3, -0.25) is 9.52 Å². The van der Waals surface area contributed by atoms with Crippen LogP contribution < -0.4 is 4.72 Å². The first-order chi connectivity index (χ1) is 3.60. The molecule has 1 atom stereocenters. The van der Waals surface area contributed by atoms with Gasteiger partial charge in [-0.05, 0) is 0 Å². The molecule has 1 saturated heterocycles. The summed E-state index contributed by atoms with van der Waals surface area (Å²) in [5.41, 5.74) is 0. The largest absolute Gasteiger partial charge is 0.274 e. The van der Waals surface area contributed by atoms with Crippen molar-refractivity contribution in [1.29, 1.82) is 4.78 Å². The molecule has 1 aliphatic heterocycles. The average molecular weight is 134 g/mol. The number of amides is 1. The molecular weight excluding hydrogens is 128 g/mol. The van der Waals surface area contributed by atoms with Crippen LogP contribution in [0.5, 0.6) is 0 Å². The molecule has 0 saturated carbocycles. The maximum Gasteiger partial charge on any atom is 0.233 e. The summed E-state index contributed by atoms with van der Waals surface area (Å²) in [6, 6.07) is 0. The SMILES string of the molecule is N=S1(=O)CCC(=O)N1. The second kappa shape index (κ2) is 1.45. The van der Waals surface area contributed by atoms with Gasteiger partial charge in [0.25, 0.3) is 0 Å². The van der Waals surface area contributed by atoms with Crippen molar-refractivity contribution in [2.75, 3.05) is 5.75 Å². The van der Waals surface area contributed by atoms with Crippen LogP contribution >= 0.6 is 0 Å². The summed E-state index contributed by atoms with van der Waals surface area (Å²) in [7, 11) is -2.70. The second-order valence-corrected chi connectivity index (χ2v) is 3.62. The Labute approximate surface area is 47.4 Å². The van der Waals surface area contributed by atoms with Gasteiger partial charge in [0.2, 0.25) is 5.91 Å². The van der Waals surface area contributed by atoms with E-state index in [1.165, 1.54) is 0 Å². The summed E-state index contributed by atoms with van der Waals surface area (Å²) in [5, 5.41) is 0. The van der Waals surface area contributed by atoms with Crippen molar-refractivity contribution in [1.82, 2.24) is 4.72 Å². The third-order valence-electron chi connectivity index (χ3n) is 0.895. The highest BCUT2D eigenvalue weighted by Crippen LogP contribution is 1.99. The number of hydrogen-bond donors (Lipinski definition) is 2. The third kappa shape index (κ3) is 0.975. The first-order valence-corrected chi connectivity index (χ1v) is 3.90. The van der Waals surface area contributed by atoms with Crippen molar-refractivity contribution < 1.29 is 9.00 Å². The molecule has 0 spiro atoms. The molecule has 0 radical (unpaired) electrons. The zero-order valence-electron chi connectivity index (χ0n) is 4.14. The summed E-state index contributed by atoms with van der Waals surface area (Å²) >= 11 is 0. The Morgan fingerprint density at radius 2 is 2.38 bits per heavy atom. The molecule has 1 fully saturated rings. The summed E-state index contributed by atoms with van der Waals surface area (Å²) in [5.74, 6) is -0.101. The van der Waals surface area contributed by atoms with Crippen LogP contribution in [-0.4, -0.2) is 15.9 Å². The molecule has 5 heteroatoms. The van der Waals surface area contributed by atoms with E-state index in [0.717, 1.165) is 0 Å². The van der Waals surface area contributed by atoms with E-state index in [0.29, 0.717) is 0 Å². The van der Waals surface area contributed by atoms with Gasteiger partial charge >= 0.3 is 0 Å². The van der Waals surface area contributed by atoms with Crippen LogP contribution in [0.2, 0.25) is 0 Å². The lowest BCUT2D eigenvalue weighted by Crippen LogP contribution is -2.18. The van der Waals surface area contributed by atoms with Gasteiger partial charge < -0.3 is 0 Å². The highest BCUT2D eigenvalue weighted by molar-refractivity contribution is 7.91. The molecule has 0 aromatic carbocycles. The molecule has 0 aromatic heterocycles. The lowest BCUT2D eigenvalue weighted by atomic mass is 10.5. The monoisotopic (exact) mass is 134 g/mol. The molecule has 8 heavy (non-hydrogen) atoms. The molecule has 0 bridgehead atoms. The Morgan fingerprint density at radius 1 is 1.75 bits per heavy atom. The summed E-state index contributed by atoms with van der Waals surface area (Å²) in [6.45, 7) is 0. The number of rotatable bonds is 0.